The number of para-hydroxylation sites is 1. The lowest BCUT2D eigenvalue weighted by Crippen LogP contribution is -2.15. The average molecular weight is 402 g/mol. The van der Waals surface area contributed by atoms with Gasteiger partial charge in [-0.2, -0.15) is 0 Å². The number of benzene rings is 2. The van der Waals surface area contributed by atoms with Crippen molar-refractivity contribution in [3.63, 3.8) is 0 Å². The minimum atomic E-state index is -3.34. The summed E-state index contributed by atoms with van der Waals surface area (Å²) < 4.78 is 26.8. The van der Waals surface area contributed by atoms with Gasteiger partial charge in [0.1, 0.15) is 0 Å². The molecule has 0 radical (unpaired) electrons. The predicted molar refractivity (Wildman–Crippen MR) is 108 cm³/mol. The number of aromatic nitrogens is 2. The Kier molecular flexibility index (Phi) is 5.67. The minimum absolute atomic E-state index is 0.0477. The average Bonchev–Trinajstić information content (AvgIpc) is 3.09. The van der Waals surface area contributed by atoms with Crippen LogP contribution in [0.3, 0.4) is 0 Å². The molecule has 0 saturated carbocycles. The van der Waals surface area contributed by atoms with E-state index in [1.807, 2.05) is 48.0 Å². The molecule has 0 amide bonds. The number of anilines is 1. The number of nitrogens with one attached hydrogen (secondary N) is 1. The van der Waals surface area contributed by atoms with Crippen LogP contribution in [0.15, 0.2) is 72.1 Å². The molecule has 1 atom stereocenters. The monoisotopic (exact) mass is 401 g/mol. The fraction of sp³-hybridized carbons (Fsp3) is 0.158. The van der Waals surface area contributed by atoms with Crippen LogP contribution in [-0.2, 0) is 10.0 Å². The largest absolute Gasteiger partial charge is 0.295 e. The molecule has 3 aromatic rings. The van der Waals surface area contributed by atoms with Gasteiger partial charge in [0, 0.05) is 29.3 Å². The first-order valence-corrected chi connectivity index (χ1v) is 11.0. The van der Waals surface area contributed by atoms with Gasteiger partial charge in [-0.05, 0) is 43.3 Å². The molecule has 6 nitrogen and oxygen atoms in total. The zero-order chi connectivity index (χ0) is 19.4. The van der Waals surface area contributed by atoms with Crippen molar-refractivity contribution in [1.82, 2.24) is 9.55 Å². The molecule has 3 rings (SSSR count). The van der Waals surface area contributed by atoms with Crippen molar-refractivity contribution in [3.05, 3.63) is 72.6 Å². The van der Waals surface area contributed by atoms with E-state index in [-0.39, 0.29) is 11.0 Å². The van der Waals surface area contributed by atoms with Crippen molar-refractivity contribution in [2.45, 2.75) is 17.3 Å². The van der Waals surface area contributed by atoms with Crippen molar-refractivity contribution in [1.29, 1.82) is 0 Å². The molecular weight excluding hydrogens is 382 g/mol. The van der Waals surface area contributed by atoms with Gasteiger partial charge in [0.05, 0.1) is 11.5 Å². The van der Waals surface area contributed by atoms with Crippen LogP contribution in [0, 0.1) is 0 Å². The molecule has 27 heavy (non-hydrogen) atoms. The Labute approximate surface area is 162 Å². The van der Waals surface area contributed by atoms with Gasteiger partial charge < -0.3 is 0 Å². The van der Waals surface area contributed by atoms with E-state index >= 15 is 0 Å². The highest BCUT2D eigenvalue weighted by molar-refractivity contribution is 8.00. The Hall–Kier alpha value is -2.58. The van der Waals surface area contributed by atoms with Gasteiger partial charge in [-0.3, -0.25) is 14.1 Å². The number of hydrogen-bond acceptors (Lipinski definition) is 5. The highest BCUT2D eigenvalue weighted by Crippen LogP contribution is 2.27. The number of thioether (sulfide) groups is 1. The molecule has 0 fully saturated rings. The maximum absolute atomic E-state index is 12.7. The molecule has 0 aliphatic rings. The summed E-state index contributed by atoms with van der Waals surface area (Å²) in [6, 6.07) is 16.2. The molecule has 140 valence electrons. The van der Waals surface area contributed by atoms with Crippen LogP contribution >= 0.6 is 11.8 Å². The maximum atomic E-state index is 12.7. The van der Waals surface area contributed by atoms with E-state index < -0.39 is 10.0 Å². The summed E-state index contributed by atoms with van der Waals surface area (Å²) in [6.07, 6.45) is 4.65. The Balaban J connectivity index is 1.73. The second-order valence-electron chi connectivity index (χ2n) is 5.99. The number of carbonyl (C=O) groups is 1. The van der Waals surface area contributed by atoms with Crippen molar-refractivity contribution in [3.8, 4) is 5.69 Å². The van der Waals surface area contributed by atoms with Crippen LogP contribution in [0.1, 0.15) is 17.3 Å². The van der Waals surface area contributed by atoms with Crippen LogP contribution in [0.2, 0.25) is 0 Å². The first-order valence-electron chi connectivity index (χ1n) is 8.21. The standard InChI is InChI=1S/C19H19N3O3S2/c1-14(18(23)15-8-10-16(11-9-15)21-27(2,24)25)26-19-20-12-13-22(19)17-6-4-3-5-7-17/h3-14,21H,1-2H3. The van der Waals surface area contributed by atoms with Gasteiger partial charge in [-0.1, -0.05) is 30.0 Å². The third kappa shape index (κ3) is 4.99. The fourth-order valence-corrected chi connectivity index (χ4v) is 4.05. The molecule has 1 N–H and O–H groups in total. The Morgan fingerprint density at radius 3 is 2.41 bits per heavy atom. The second kappa shape index (κ2) is 7.98. The number of ketones is 1. The van der Waals surface area contributed by atoms with Crippen molar-refractivity contribution < 1.29 is 13.2 Å². The maximum Gasteiger partial charge on any atom is 0.229 e. The van der Waals surface area contributed by atoms with Crippen LogP contribution in [-0.4, -0.2) is 35.3 Å². The molecule has 0 aliphatic heterocycles. The first kappa shape index (κ1) is 19.2. The minimum Gasteiger partial charge on any atom is -0.295 e. The molecule has 2 aromatic carbocycles. The first-order chi connectivity index (χ1) is 12.8. The van der Waals surface area contributed by atoms with E-state index in [4.69, 9.17) is 0 Å². The van der Waals surface area contributed by atoms with Crippen LogP contribution in [0.4, 0.5) is 5.69 Å². The highest BCUT2D eigenvalue weighted by Gasteiger charge is 2.19. The predicted octanol–water partition coefficient (Wildman–Crippen LogP) is 3.61. The highest BCUT2D eigenvalue weighted by atomic mass is 32.2. The van der Waals surface area contributed by atoms with E-state index in [1.165, 1.54) is 11.8 Å². The lowest BCUT2D eigenvalue weighted by Gasteiger charge is -2.12. The van der Waals surface area contributed by atoms with Gasteiger partial charge in [-0.15, -0.1) is 0 Å². The topological polar surface area (TPSA) is 81.1 Å². The molecule has 0 spiro atoms. The Bertz CT molecular complexity index is 1030. The Morgan fingerprint density at radius 2 is 1.78 bits per heavy atom. The van der Waals surface area contributed by atoms with Crippen LogP contribution in [0.5, 0.6) is 0 Å². The number of sulfonamides is 1. The summed E-state index contributed by atoms with van der Waals surface area (Å²) in [5, 5.41) is 0.390. The summed E-state index contributed by atoms with van der Waals surface area (Å²) in [5.41, 5.74) is 1.93. The third-order valence-electron chi connectivity index (χ3n) is 3.77. The molecule has 1 aromatic heterocycles. The number of nitrogens with zero attached hydrogens (tertiary/aromatic N) is 2. The molecule has 1 heterocycles. The van der Waals surface area contributed by atoms with Gasteiger partial charge in [0.2, 0.25) is 10.0 Å². The van der Waals surface area contributed by atoms with E-state index in [0.717, 1.165) is 17.1 Å². The number of imidazole rings is 1. The number of Topliss-reactive ketones (excluding diaryl/α,β-unsaturated/α-hetero) is 1. The van der Waals surface area contributed by atoms with Crippen molar-refractivity contribution in [2.24, 2.45) is 0 Å². The number of carbonyl (C=O) groups excluding carboxylic acids is 1. The lowest BCUT2D eigenvalue weighted by atomic mass is 10.1. The summed E-state index contributed by atoms with van der Waals surface area (Å²) >= 11 is 1.38. The SMILES string of the molecule is CC(Sc1nccn1-c1ccccc1)C(=O)c1ccc(NS(C)(=O)=O)cc1. The van der Waals surface area contributed by atoms with E-state index in [0.29, 0.717) is 11.3 Å². The summed E-state index contributed by atoms with van der Waals surface area (Å²) in [5.74, 6) is -0.0477. The quantitative estimate of drug-likeness (QED) is 0.483. The number of hydrogen-bond donors (Lipinski definition) is 1. The molecule has 1 unspecified atom stereocenters. The molecule has 0 saturated heterocycles. The summed E-state index contributed by atoms with van der Waals surface area (Å²) in [4.78, 5) is 17.1. The smallest absolute Gasteiger partial charge is 0.229 e. The Morgan fingerprint density at radius 1 is 1.11 bits per heavy atom. The van der Waals surface area contributed by atoms with Crippen molar-refractivity contribution in [2.75, 3.05) is 11.0 Å². The molecule has 0 aliphatic carbocycles. The van der Waals surface area contributed by atoms with Gasteiger partial charge in [0.25, 0.3) is 0 Å². The van der Waals surface area contributed by atoms with E-state index in [1.54, 1.807) is 30.5 Å². The zero-order valence-electron chi connectivity index (χ0n) is 14.9. The lowest BCUT2D eigenvalue weighted by molar-refractivity contribution is 0.0994. The second-order valence-corrected chi connectivity index (χ2v) is 9.05. The summed E-state index contributed by atoms with van der Waals surface area (Å²) in [7, 11) is -3.34. The van der Waals surface area contributed by atoms with Crippen molar-refractivity contribution >= 4 is 33.3 Å². The summed E-state index contributed by atoms with van der Waals surface area (Å²) in [6.45, 7) is 1.83. The van der Waals surface area contributed by atoms with Crippen LogP contribution < -0.4 is 4.72 Å². The fourth-order valence-electron chi connectivity index (χ4n) is 2.52. The molecular formula is C19H19N3O3S2. The van der Waals surface area contributed by atoms with Gasteiger partial charge in [0.15, 0.2) is 10.9 Å². The molecule has 8 heteroatoms. The normalized spacial score (nSPS) is 12.5. The van der Waals surface area contributed by atoms with E-state index in [9.17, 15) is 13.2 Å². The van der Waals surface area contributed by atoms with Crippen LogP contribution in [0.25, 0.3) is 5.69 Å². The van der Waals surface area contributed by atoms with Gasteiger partial charge in [-0.25, -0.2) is 13.4 Å². The molecule has 0 bridgehead atoms. The zero-order valence-corrected chi connectivity index (χ0v) is 16.5. The number of rotatable bonds is 7. The third-order valence-corrected chi connectivity index (χ3v) is 5.45. The van der Waals surface area contributed by atoms with E-state index in [2.05, 4.69) is 9.71 Å². The van der Waals surface area contributed by atoms with Gasteiger partial charge >= 0.3 is 0 Å².